The maximum Gasteiger partial charge on any atom is 0.0629 e. The number of hydrogen-bond donors (Lipinski definition) is 1. The number of rotatable bonds is 5. The number of nitrogens with zero attached hydrogens (tertiary/aromatic N) is 1. The van der Waals surface area contributed by atoms with E-state index in [9.17, 15) is 0 Å². The highest BCUT2D eigenvalue weighted by Crippen LogP contribution is 2.08. The van der Waals surface area contributed by atoms with Crippen LogP contribution in [0.25, 0.3) is 0 Å². The van der Waals surface area contributed by atoms with E-state index in [4.69, 9.17) is 0 Å². The van der Waals surface area contributed by atoms with Gasteiger partial charge in [0.1, 0.15) is 0 Å². The first kappa shape index (κ1) is 12.8. The number of anilines is 1. The average Bonchev–Trinajstić information content (AvgIpc) is 2.48. The van der Waals surface area contributed by atoms with Crippen LogP contribution < -0.4 is 5.32 Å². The standard InChI is InChI=1S/C17H16N2/c1-4-10-16(11-5-1)18-14-8-3-9-15-19-17-12-6-2-7-13-17/h1-15,18H/b9-3+,14-8?,19-15?. The van der Waals surface area contributed by atoms with Crippen LogP contribution in [0, 0.1) is 0 Å². The molecule has 0 aliphatic heterocycles. The normalized spacial score (nSPS) is 11.6. The molecular weight excluding hydrogens is 232 g/mol. The van der Waals surface area contributed by atoms with Gasteiger partial charge in [0.05, 0.1) is 5.69 Å². The predicted octanol–water partition coefficient (Wildman–Crippen LogP) is 4.57. The largest absolute Gasteiger partial charge is 0.362 e. The molecule has 0 saturated carbocycles. The van der Waals surface area contributed by atoms with E-state index >= 15 is 0 Å². The molecule has 0 aromatic heterocycles. The Hall–Kier alpha value is -2.61. The van der Waals surface area contributed by atoms with Crippen molar-refractivity contribution < 1.29 is 0 Å². The third-order valence-corrected chi connectivity index (χ3v) is 2.41. The maximum absolute atomic E-state index is 4.30. The van der Waals surface area contributed by atoms with Crippen molar-refractivity contribution in [2.45, 2.75) is 0 Å². The van der Waals surface area contributed by atoms with E-state index < -0.39 is 0 Å². The van der Waals surface area contributed by atoms with Crippen LogP contribution in [0.3, 0.4) is 0 Å². The Morgan fingerprint density at radius 3 is 2.16 bits per heavy atom. The highest BCUT2D eigenvalue weighted by molar-refractivity contribution is 5.74. The average molecular weight is 248 g/mol. The van der Waals surface area contributed by atoms with Gasteiger partial charge in [-0.2, -0.15) is 0 Å². The van der Waals surface area contributed by atoms with Crippen molar-refractivity contribution in [2.24, 2.45) is 4.99 Å². The minimum absolute atomic E-state index is 0.957. The summed E-state index contributed by atoms with van der Waals surface area (Å²) >= 11 is 0. The van der Waals surface area contributed by atoms with Crippen LogP contribution in [0.1, 0.15) is 0 Å². The molecule has 2 heteroatoms. The van der Waals surface area contributed by atoms with E-state index in [1.54, 1.807) is 6.21 Å². The number of para-hydroxylation sites is 2. The van der Waals surface area contributed by atoms with E-state index in [1.165, 1.54) is 0 Å². The maximum atomic E-state index is 4.30. The smallest absolute Gasteiger partial charge is 0.0629 e. The van der Waals surface area contributed by atoms with Gasteiger partial charge in [-0.25, -0.2) is 0 Å². The van der Waals surface area contributed by atoms with Gasteiger partial charge in [-0.15, -0.1) is 0 Å². The van der Waals surface area contributed by atoms with Gasteiger partial charge in [-0.1, -0.05) is 42.5 Å². The zero-order valence-electron chi connectivity index (χ0n) is 10.6. The molecule has 0 amide bonds. The van der Waals surface area contributed by atoms with E-state index in [0.717, 1.165) is 11.4 Å². The summed E-state index contributed by atoms with van der Waals surface area (Å²) in [6.45, 7) is 0. The zero-order valence-corrected chi connectivity index (χ0v) is 10.6. The van der Waals surface area contributed by atoms with E-state index in [2.05, 4.69) is 10.3 Å². The van der Waals surface area contributed by atoms with Crippen molar-refractivity contribution in [2.75, 3.05) is 5.32 Å². The second-order valence-electron chi connectivity index (χ2n) is 3.87. The molecule has 0 aliphatic carbocycles. The Bertz CT molecular complexity index is 554. The molecule has 2 rings (SSSR count). The Kier molecular flexibility index (Phi) is 5.18. The number of allylic oxidation sites excluding steroid dienone is 3. The summed E-state index contributed by atoms with van der Waals surface area (Å²) in [6, 6.07) is 19.9. The minimum atomic E-state index is 0.957. The highest BCUT2D eigenvalue weighted by Gasteiger charge is 1.82. The minimum Gasteiger partial charge on any atom is -0.362 e. The molecule has 94 valence electrons. The lowest BCUT2D eigenvalue weighted by atomic mass is 10.3. The molecule has 0 fully saturated rings. The summed E-state index contributed by atoms with van der Waals surface area (Å²) in [4.78, 5) is 4.30. The quantitative estimate of drug-likeness (QED) is 0.608. The fourth-order valence-electron chi connectivity index (χ4n) is 1.49. The zero-order chi connectivity index (χ0) is 13.2. The van der Waals surface area contributed by atoms with Crippen molar-refractivity contribution in [1.29, 1.82) is 0 Å². The summed E-state index contributed by atoms with van der Waals surface area (Å²) in [7, 11) is 0. The monoisotopic (exact) mass is 248 g/mol. The molecule has 2 aromatic rings. The molecule has 0 radical (unpaired) electrons. The SMILES string of the molecule is C(=CNc1ccccc1)/C=C/C=Nc1ccccc1. The summed E-state index contributed by atoms with van der Waals surface area (Å²) in [5, 5.41) is 3.18. The lowest BCUT2D eigenvalue weighted by Crippen LogP contribution is -1.84. The van der Waals surface area contributed by atoms with Crippen molar-refractivity contribution >= 4 is 17.6 Å². The highest BCUT2D eigenvalue weighted by atomic mass is 14.8. The van der Waals surface area contributed by atoms with Crippen LogP contribution in [0.2, 0.25) is 0 Å². The lowest BCUT2D eigenvalue weighted by Gasteiger charge is -1.97. The Morgan fingerprint density at radius 2 is 1.42 bits per heavy atom. The lowest BCUT2D eigenvalue weighted by molar-refractivity contribution is 1.54. The second-order valence-corrected chi connectivity index (χ2v) is 3.87. The molecular formula is C17H16N2. The van der Waals surface area contributed by atoms with Gasteiger partial charge in [0.2, 0.25) is 0 Å². The topological polar surface area (TPSA) is 24.4 Å². The number of benzene rings is 2. The third-order valence-electron chi connectivity index (χ3n) is 2.41. The van der Waals surface area contributed by atoms with Crippen molar-refractivity contribution in [3.63, 3.8) is 0 Å². The van der Waals surface area contributed by atoms with E-state index in [1.807, 2.05) is 85.1 Å². The number of hydrogen-bond acceptors (Lipinski definition) is 2. The van der Waals surface area contributed by atoms with Crippen LogP contribution in [0.15, 0.2) is 90.1 Å². The van der Waals surface area contributed by atoms with Crippen LogP contribution >= 0.6 is 0 Å². The fourth-order valence-corrected chi connectivity index (χ4v) is 1.49. The van der Waals surface area contributed by atoms with Crippen molar-refractivity contribution in [3.8, 4) is 0 Å². The van der Waals surface area contributed by atoms with Gasteiger partial charge < -0.3 is 5.32 Å². The van der Waals surface area contributed by atoms with Gasteiger partial charge in [0, 0.05) is 18.1 Å². The van der Waals surface area contributed by atoms with Crippen molar-refractivity contribution in [3.05, 3.63) is 85.1 Å². The Labute approximate surface area is 113 Å². The summed E-state index contributed by atoms with van der Waals surface area (Å²) < 4.78 is 0. The van der Waals surface area contributed by atoms with Gasteiger partial charge in [0.25, 0.3) is 0 Å². The predicted molar refractivity (Wildman–Crippen MR) is 82.9 cm³/mol. The Morgan fingerprint density at radius 1 is 0.737 bits per heavy atom. The van der Waals surface area contributed by atoms with Gasteiger partial charge >= 0.3 is 0 Å². The van der Waals surface area contributed by atoms with Crippen molar-refractivity contribution in [1.82, 2.24) is 0 Å². The van der Waals surface area contributed by atoms with Gasteiger partial charge in [-0.05, 0) is 36.4 Å². The van der Waals surface area contributed by atoms with E-state index in [0.29, 0.717) is 0 Å². The molecule has 2 aromatic carbocycles. The second kappa shape index (κ2) is 7.67. The summed E-state index contributed by atoms with van der Waals surface area (Å²) in [5.74, 6) is 0. The number of aliphatic imine (C=N–C) groups is 1. The molecule has 0 atom stereocenters. The molecule has 0 saturated heterocycles. The fraction of sp³-hybridized carbons (Fsp3) is 0. The molecule has 1 N–H and O–H groups in total. The molecule has 2 nitrogen and oxygen atoms in total. The first-order chi connectivity index (χ1) is 9.45. The molecule has 0 bridgehead atoms. The van der Waals surface area contributed by atoms with E-state index in [-0.39, 0.29) is 0 Å². The molecule has 0 spiro atoms. The first-order valence-corrected chi connectivity index (χ1v) is 6.18. The van der Waals surface area contributed by atoms with Gasteiger partial charge in [0.15, 0.2) is 0 Å². The number of nitrogens with one attached hydrogen (secondary N) is 1. The molecule has 0 aliphatic rings. The van der Waals surface area contributed by atoms with Crippen LogP contribution in [-0.4, -0.2) is 6.21 Å². The van der Waals surface area contributed by atoms with Gasteiger partial charge in [-0.3, -0.25) is 4.99 Å². The summed E-state index contributed by atoms with van der Waals surface area (Å²) in [5.41, 5.74) is 2.03. The van der Waals surface area contributed by atoms with Crippen LogP contribution in [-0.2, 0) is 0 Å². The van der Waals surface area contributed by atoms with Crippen LogP contribution in [0.4, 0.5) is 11.4 Å². The molecule has 19 heavy (non-hydrogen) atoms. The first-order valence-electron chi connectivity index (χ1n) is 6.18. The summed E-state index contributed by atoms with van der Waals surface area (Å²) in [6.07, 6.45) is 9.44. The Balaban J connectivity index is 1.76. The molecule has 0 heterocycles. The molecule has 0 unspecified atom stereocenters. The third kappa shape index (κ3) is 5.04. The van der Waals surface area contributed by atoms with Crippen LogP contribution in [0.5, 0.6) is 0 Å².